The molecule has 0 bridgehead atoms. The van der Waals surface area contributed by atoms with Gasteiger partial charge in [0.15, 0.2) is 0 Å². The highest BCUT2D eigenvalue weighted by atomic mass is 32.1. The van der Waals surface area contributed by atoms with E-state index in [0.717, 1.165) is 32.1 Å². The van der Waals surface area contributed by atoms with Crippen LogP contribution in [-0.4, -0.2) is 34.8 Å². The fraction of sp³-hybridized carbons (Fsp3) is 0.625. The molecule has 2 amide bonds. The lowest BCUT2D eigenvalue weighted by Gasteiger charge is -2.23. The second-order valence-electron chi connectivity index (χ2n) is 6.20. The summed E-state index contributed by atoms with van der Waals surface area (Å²) >= 11 is 1.69. The third-order valence-corrected chi connectivity index (χ3v) is 5.21. The Morgan fingerprint density at radius 2 is 2.14 bits per heavy atom. The quantitative estimate of drug-likeness (QED) is 0.850. The molecular weight excluding hydrogens is 284 g/mol. The second-order valence-corrected chi connectivity index (χ2v) is 6.98. The van der Waals surface area contributed by atoms with Gasteiger partial charge in [-0.3, -0.25) is 14.5 Å². The largest absolute Gasteiger partial charge is 0.303 e. The Balaban J connectivity index is 1.58. The number of nitrogens with one attached hydrogen (secondary N) is 1. The molecule has 1 saturated heterocycles. The molecular formula is C16H22N2O2S. The van der Waals surface area contributed by atoms with E-state index in [2.05, 4.69) is 29.1 Å². The van der Waals surface area contributed by atoms with Crippen LogP contribution in [0.4, 0.5) is 0 Å². The normalized spacial score (nSPS) is 25.0. The number of carbonyl (C=O) groups excluding carboxylic acids is 2. The molecule has 2 unspecified atom stereocenters. The molecule has 3 rings (SSSR count). The van der Waals surface area contributed by atoms with Gasteiger partial charge in [-0.05, 0) is 48.6 Å². The highest BCUT2D eigenvalue weighted by Crippen LogP contribution is 2.28. The zero-order valence-electron chi connectivity index (χ0n) is 12.4. The maximum Gasteiger partial charge on any atom is 0.247 e. The van der Waals surface area contributed by atoms with E-state index in [0.29, 0.717) is 6.42 Å². The minimum Gasteiger partial charge on any atom is -0.303 e. The summed E-state index contributed by atoms with van der Waals surface area (Å²) in [6.45, 7) is 2.08. The first kappa shape index (κ1) is 14.7. The monoisotopic (exact) mass is 306 g/mol. The standard InChI is InChI=1S/C16H22N2O2S/c1-11(8-12-6-7-21-10-12)17-14-9-15(19)18(16(14)20)13-4-2-3-5-13/h6-7,10-11,13-14,17H,2-5,8-9H2,1H3. The molecule has 21 heavy (non-hydrogen) atoms. The number of amides is 2. The molecule has 0 radical (unpaired) electrons. The van der Waals surface area contributed by atoms with E-state index in [-0.39, 0.29) is 29.9 Å². The fourth-order valence-corrected chi connectivity index (χ4v) is 4.17. The predicted octanol–water partition coefficient (Wildman–Crippen LogP) is 2.34. The average molecular weight is 306 g/mol. The predicted molar refractivity (Wildman–Crippen MR) is 83.1 cm³/mol. The van der Waals surface area contributed by atoms with Gasteiger partial charge in [-0.2, -0.15) is 11.3 Å². The molecule has 1 saturated carbocycles. The first-order chi connectivity index (χ1) is 10.1. The summed E-state index contributed by atoms with van der Waals surface area (Å²) in [5.41, 5.74) is 1.28. The Hall–Kier alpha value is -1.20. The third kappa shape index (κ3) is 3.19. The van der Waals surface area contributed by atoms with Crippen molar-refractivity contribution in [1.29, 1.82) is 0 Å². The van der Waals surface area contributed by atoms with Crippen molar-refractivity contribution in [3.05, 3.63) is 22.4 Å². The van der Waals surface area contributed by atoms with Gasteiger partial charge in [0.25, 0.3) is 0 Å². The first-order valence-electron chi connectivity index (χ1n) is 7.78. The summed E-state index contributed by atoms with van der Waals surface area (Å²) in [4.78, 5) is 26.2. The first-order valence-corrected chi connectivity index (χ1v) is 8.72. The van der Waals surface area contributed by atoms with Crippen molar-refractivity contribution >= 4 is 23.2 Å². The molecule has 2 aliphatic rings. The zero-order chi connectivity index (χ0) is 14.8. The SMILES string of the molecule is CC(Cc1ccsc1)NC1CC(=O)N(C2CCCC2)C1=O. The summed E-state index contributed by atoms with van der Waals surface area (Å²) in [5.74, 6) is -0.00352. The van der Waals surface area contributed by atoms with Gasteiger partial charge in [-0.25, -0.2) is 0 Å². The number of hydrogen-bond donors (Lipinski definition) is 1. The molecule has 2 atom stereocenters. The fourth-order valence-electron chi connectivity index (χ4n) is 3.49. The highest BCUT2D eigenvalue weighted by molar-refractivity contribution is 7.07. The Labute approximate surface area is 129 Å². The Morgan fingerprint density at radius 3 is 2.81 bits per heavy atom. The molecule has 1 aromatic rings. The van der Waals surface area contributed by atoms with Crippen molar-refractivity contribution in [2.24, 2.45) is 0 Å². The Bertz CT molecular complexity index is 508. The van der Waals surface area contributed by atoms with Gasteiger partial charge < -0.3 is 5.32 Å². The summed E-state index contributed by atoms with van der Waals surface area (Å²) in [6.07, 6.45) is 5.44. The smallest absolute Gasteiger partial charge is 0.247 e. The van der Waals surface area contributed by atoms with Crippen LogP contribution in [0.15, 0.2) is 16.8 Å². The van der Waals surface area contributed by atoms with Crippen molar-refractivity contribution in [2.45, 2.75) is 63.6 Å². The molecule has 2 fully saturated rings. The summed E-state index contributed by atoms with van der Waals surface area (Å²) in [5, 5.41) is 7.54. The maximum atomic E-state index is 12.5. The van der Waals surface area contributed by atoms with E-state index in [1.54, 1.807) is 16.2 Å². The van der Waals surface area contributed by atoms with Crippen molar-refractivity contribution in [1.82, 2.24) is 10.2 Å². The van der Waals surface area contributed by atoms with E-state index < -0.39 is 0 Å². The van der Waals surface area contributed by atoms with E-state index in [4.69, 9.17) is 0 Å². The summed E-state index contributed by atoms with van der Waals surface area (Å²) in [6, 6.07) is 2.13. The van der Waals surface area contributed by atoms with Gasteiger partial charge >= 0.3 is 0 Å². The number of thiophene rings is 1. The van der Waals surface area contributed by atoms with E-state index in [1.807, 2.05) is 0 Å². The Kier molecular flexibility index (Phi) is 4.40. The highest BCUT2D eigenvalue weighted by Gasteiger charge is 2.43. The van der Waals surface area contributed by atoms with E-state index >= 15 is 0 Å². The molecule has 1 aliphatic heterocycles. The van der Waals surface area contributed by atoms with Crippen molar-refractivity contribution < 1.29 is 9.59 Å². The molecule has 1 aliphatic carbocycles. The van der Waals surface area contributed by atoms with Crippen LogP contribution in [0.1, 0.15) is 44.6 Å². The van der Waals surface area contributed by atoms with Gasteiger partial charge in [-0.1, -0.05) is 12.8 Å². The van der Waals surface area contributed by atoms with Gasteiger partial charge in [0.2, 0.25) is 11.8 Å². The van der Waals surface area contributed by atoms with Gasteiger partial charge in [0, 0.05) is 12.1 Å². The molecule has 0 spiro atoms. The molecule has 2 heterocycles. The van der Waals surface area contributed by atoms with Crippen LogP contribution in [0.25, 0.3) is 0 Å². The topological polar surface area (TPSA) is 49.4 Å². The molecule has 1 N–H and O–H groups in total. The van der Waals surface area contributed by atoms with Gasteiger partial charge in [-0.15, -0.1) is 0 Å². The van der Waals surface area contributed by atoms with Crippen molar-refractivity contribution in [3.8, 4) is 0 Å². The lowest BCUT2D eigenvalue weighted by molar-refractivity contribution is -0.141. The van der Waals surface area contributed by atoms with Crippen molar-refractivity contribution in [3.63, 3.8) is 0 Å². The van der Waals surface area contributed by atoms with E-state index in [9.17, 15) is 9.59 Å². The summed E-state index contributed by atoms with van der Waals surface area (Å²) < 4.78 is 0. The van der Waals surface area contributed by atoms with Crippen LogP contribution in [-0.2, 0) is 16.0 Å². The van der Waals surface area contributed by atoms with Crippen LogP contribution in [0, 0.1) is 0 Å². The number of likely N-dealkylation sites (tertiary alicyclic amines) is 1. The third-order valence-electron chi connectivity index (χ3n) is 4.48. The second kappa shape index (κ2) is 6.28. The van der Waals surface area contributed by atoms with Crippen LogP contribution in [0.3, 0.4) is 0 Å². The average Bonchev–Trinajstić information content (AvgIpc) is 3.14. The zero-order valence-corrected chi connectivity index (χ0v) is 13.2. The minimum atomic E-state index is -0.327. The lowest BCUT2D eigenvalue weighted by atomic mass is 10.1. The molecule has 1 aromatic heterocycles. The van der Waals surface area contributed by atoms with Crippen LogP contribution < -0.4 is 5.32 Å². The van der Waals surface area contributed by atoms with Crippen LogP contribution >= 0.6 is 11.3 Å². The maximum absolute atomic E-state index is 12.5. The van der Waals surface area contributed by atoms with Crippen LogP contribution in [0.5, 0.6) is 0 Å². The van der Waals surface area contributed by atoms with E-state index in [1.165, 1.54) is 5.56 Å². The lowest BCUT2D eigenvalue weighted by Crippen LogP contribution is -2.45. The number of imide groups is 1. The van der Waals surface area contributed by atoms with Gasteiger partial charge in [0.05, 0.1) is 12.5 Å². The number of rotatable bonds is 5. The molecule has 4 nitrogen and oxygen atoms in total. The summed E-state index contributed by atoms with van der Waals surface area (Å²) in [7, 11) is 0. The van der Waals surface area contributed by atoms with Gasteiger partial charge in [0.1, 0.15) is 0 Å². The molecule has 5 heteroatoms. The molecule has 0 aromatic carbocycles. The molecule has 114 valence electrons. The Morgan fingerprint density at radius 1 is 1.38 bits per heavy atom. The number of hydrogen-bond acceptors (Lipinski definition) is 4. The minimum absolute atomic E-state index is 0.00660. The van der Waals surface area contributed by atoms with Crippen LogP contribution in [0.2, 0.25) is 0 Å². The number of carbonyl (C=O) groups is 2. The number of nitrogens with zero attached hydrogens (tertiary/aromatic N) is 1. The van der Waals surface area contributed by atoms with Crippen molar-refractivity contribution in [2.75, 3.05) is 0 Å².